The first-order valence-electron chi connectivity index (χ1n) is 6.13. The number of nitrogens with one attached hydrogen (secondary N) is 1. The average molecular weight is 212 g/mol. The van der Waals surface area contributed by atoms with Crippen LogP contribution in [0.15, 0.2) is 0 Å². The van der Waals surface area contributed by atoms with Gasteiger partial charge < -0.3 is 11.1 Å². The molecule has 88 valence electrons. The van der Waals surface area contributed by atoms with Gasteiger partial charge in [-0.1, -0.05) is 13.8 Å². The molecule has 0 bridgehead atoms. The highest BCUT2D eigenvalue weighted by atomic mass is 16.1. The molecule has 1 rings (SSSR count). The van der Waals surface area contributed by atoms with Crippen LogP contribution in [0, 0.1) is 17.8 Å². The molecule has 15 heavy (non-hydrogen) atoms. The molecule has 3 heteroatoms. The third kappa shape index (κ3) is 4.65. The summed E-state index contributed by atoms with van der Waals surface area (Å²) in [6, 6.07) is 0. The highest BCUT2D eigenvalue weighted by Gasteiger charge is 2.28. The fourth-order valence-corrected chi connectivity index (χ4v) is 1.82. The van der Waals surface area contributed by atoms with Gasteiger partial charge in [-0.05, 0) is 44.1 Å². The van der Waals surface area contributed by atoms with Crippen molar-refractivity contribution >= 4 is 5.91 Å². The number of carbonyl (C=O) groups is 1. The molecule has 0 aromatic heterocycles. The summed E-state index contributed by atoms with van der Waals surface area (Å²) in [4.78, 5) is 11.6. The van der Waals surface area contributed by atoms with Gasteiger partial charge >= 0.3 is 0 Å². The summed E-state index contributed by atoms with van der Waals surface area (Å²) in [5, 5.41) is 3.03. The SMILES string of the molecule is CC(CCCN)C(=O)NCC(C)C1CC1. The van der Waals surface area contributed by atoms with Crippen LogP contribution in [0.1, 0.15) is 39.5 Å². The molecule has 0 spiro atoms. The predicted molar refractivity (Wildman–Crippen MR) is 62.4 cm³/mol. The minimum absolute atomic E-state index is 0.111. The van der Waals surface area contributed by atoms with Crippen molar-refractivity contribution in [1.82, 2.24) is 5.32 Å². The molecule has 0 radical (unpaired) electrons. The van der Waals surface area contributed by atoms with Crippen molar-refractivity contribution in [2.75, 3.05) is 13.1 Å². The van der Waals surface area contributed by atoms with Gasteiger partial charge in [-0.25, -0.2) is 0 Å². The van der Waals surface area contributed by atoms with E-state index in [2.05, 4.69) is 12.2 Å². The van der Waals surface area contributed by atoms with Gasteiger partial charge in [0.1, 0.15) is 0 Å². The standard InChI is InChI=1S/C12H24N2O/c1-9(4-3-7-13)12(15)14-8-10(2)11-5-6-11/h9-11H,3-8,13H2,1-2H3,(H,14,15). The van der Waals surface area contributed by atoms with E-state index < -0.39 is 0 Å². The van der Waals surface area contributed by atoms with E-state index in [1.54, 1.807) is 0 Å². The second-order valence-corrected chi connectivity index (χ2v) is 4.89. The first kappa shape index (κ1) is 12.5. The monoisotopic (exact) mass is 212 g/mol. The van der Waals surface area contributed by atoms with Gasteiger partial charge in [0, 0.05) is 12.5 Å². The Morgan fingerprint density at radius 1 is 1.47 bits per heavy atom. The van der Waals surface area contributed by atoms with Crippen LogP contribution in [0.25, 0.3) is 0 Å². The van der Waals surface area contributed by atoms with Crippen LogP contribution in [0.3, 0.4) is 0 Å². The lowest BCUT2D eigenvalue weighted by Crippen LogP contribution is -2.33. The lowest BCUT2D eigenvalue weighted by molar-refractivity contribution is -0.124. The summed E-state index contributed by atoms with van der Waals surface area (Å²) in [6.45, 7) is 5.72. The van der Waals surface area contributed by atoms with Gasteiger partial charge in [-0.3, -0.25) is 4.79 Å². The second kappa shape index (κ2) is 6.11. The molecule has 2 atom stereocenters. The van der Waals surface area contributed by atoms with E-state index >= 15 is 0 Å². The van der Waals surface area contributed by atoms with Crippen molar-refractivity contribution < 1.29 is 4.79 Å². The molecule has 1 aliphatic rings. The Morgan fingerprint density at radius 3 is 2.67 bits per heavy atom. The van der Waals surface area contributed by atoms with Gasteiger partial charge in [-0.2, -0.15) is 0 Å². The van der Waals surface area contributed by atoms with E-state index in [4.69, 9.17) is 5.73 Å². The Morgan fingerprint density at radius 2 is 2.13 bits per heavy atom. The molecule has 0 saturated heterocycles. The highest BCUT2D eigenvalue weighted by molar-refractivity contribution is 5.78. The summed E-state index contributed by atoms with van der Waals surface area (Å²) >= 11 is 0. The first-order valence-corrected chi connectivity index (χ1v) is 6.13. The summed E-state index contributed by atoms with van der Waals surface area (Å²) in [6.07, 6.45) is 4.53. The largest absolute Gasteiger partial charge is 0.356 e. The van der Waals surface area contributed by atoms with Crippen LogP contribution in [0.5, 0.6) is 0 Å². The Balaban J connectivity index is 2.10. The number of hydrogen-bond acceptors (Lipinski definition) is 2. The molecule has 3 nitrogen and oxygen atoms in total. The van der Waals surface area contributed by atoms with Gasteiger partial charge in [-0.15, -0.1) is 0 Å². The van der Waals surface area contributed by atoms with Gasteiger partial charge in [0.2, 0.25) is 5.91 Å². The Labute approximate surface area is 92.8 Å². The molecule has 3 N–H and O–H groups in total. The van der Waals surface area contributed by atoms with Crippen molar-refractivity contribution in [2.24, 2.45) is 23.5 Å². The molecule has 1 fully saturated rings. The number of rotatable bonds is 7. The van der Waals surface area contributed by atoms with E-state index in [1.807, 2.05) is 6.92 Å². The summed E-state index contributed by atoms with van der Waals surface area (Å²) in [5.41, 5.74) is 5.42. The fraction of sp³-hybridized carbons (Fsp3) is 0.917. The fourth-order valence-electron chi connectivity index (χ4n) is 1.82. The molecule has 0 heterocycles. The highest BCUT2D eigenvalue weighted by Crippen LogP contribution is 2.36. The van der Waals surface area contributed by atoms with E-state index in [-0.39, 0.29) is 11.8 Å². The van der Waals surface area contributed by atoms with Crippen LogP contribution < -0.4 is 11.1 Å². The number of hydrogen-bond donors (Lipinski definition) is 2. The predicted octanol–water partition coefficient (Wildman–Crippen LogP) is 1.52. The molecule has 0 aliphatic heterocycles. The number of nitrogens with two attached hydrogens (primary N) is 1. The lowest BCUT2D eigenvalue weighted by atomic mass is 10.0. The molecule has 2 unspecified atom stereocenters. The third-order valence-electron chi connectivity index (χ3n) is 3.31. The minimum atomic E-state index is 0.111. The van der Waals surface area contributed by atoms with E-state index in [0.29, 0.717) is 12.5 Å². The maximum atomic E-state index is 11.6. The van der Waals surface area contributed by atoms with Crippen LogP contribution in [0.2, 0.25) is 0 Å². The van der Waals surface area contributed by atoms with Gasteiger partial charge in [0.25, 0.3) is 0 Å². The first-order chi connectivity index (χ1) is 7.15. The smallest absolute Gasteiger partial charge is 0.222 e. The molecule has 0 aromatic carbocycles. The maximum Gasteiger partial charge on any atom is 0.222 e. The molecular formula is C12H24N2O. The van der Waals surface area contributed by atoms with E-state index in [1.165, 1.54) is 12.8 Å². The maximum absolute atomic E-state index is 11.6. The zero-order valence-electron chi connectivity index (χ0n) is 9.96. The molecule has 1 saturated carbocycles. The van der Waals surface area contributed by atoms with Crippen molar-refractivity contribution in [3.05, 3.63) is 0 Å². The van der Waals surface area contributed by atoms with Crippen LogP contribution in [0.4, 0.5) is 0 Å². The second-order valence-electron chi connectivity index (χ2n) is 4.89. The van der Waals surface area contributed by atoms with Gasteiger partial charge in [0.05, 0.1) is 0 Å². The van der Waals surface area contributed by atoms with Crippen molar-refractivity contribution in [3.63, 3.8) is 0 Å². The van der Waals surface area contributed by atoms with E-state index in [9.17, 15) is 4.79 Å². The van der Waals surface area contributed by atoms with Crippen LogP contribution in [-0.2, 0) is 4.79 Å². The topological polar surface area (TPSA) is 55.1 Å². The summed E-state index contributed by atoms with van der Waals surface area (Å²) in [5.74, 6) is 1.82. The summed E-state index contributed by atoms with van der Waals surface area (Å²) < 4.78 is 0. The normalized spacial score (nSPS) is 19.7. The van der Waals surface area contributed by atoms with Crippen molar-refractivity contribution in [1.29, 1.82) is 0 Å². The number of carbonyl (C=O) groups excluding carboxylic acids is 1. The zero-order chi connectivity index (χ0) is 11.3. The molecule has 1 amide bonds. The number of amides is 1. The molecule has 0 aromatic rings. The lowest BCUT2D eigenvalue weighted by Gasteiger charge is -2.15. The average Bonchev–Trinajstić information content (AvgIpc) is 3.05. The Hall–Kier alpha value is -0.570. The third-order valence-corrected chi connectivity index (χ3v) is 3.31. The molecule has 1 aliphatic carbocycles. The van der Waals surface area contributed by atoms with Crippen LogP contribution in [-0.4, -0.2) is 19.0 Å². The van der Waals surface area contributed by atoms with Crippen molar-refractivity contribution in [3.8, 4) is 0 Å². The molecular weight excluding hydrogens is 188 g/mol. The van der Waals surface area contributed by atoms with Gasteiger partial charge in [0.15, 0.2) is 0 Å². The van der Waals surface area contributed by atoms with Crippen molar-refractivity contribution in [2.45, 2.75) is 39.5 Å². The minimum Gasteiger partial charge on any atom is -0.356 e. The van der Waals surface area contributed by atoms with Crippen LogP contribution >= 0.6 is 0 Å². The quantitative estimate of drug-likeness (QED) is 0.672. The summed E-state index contributed by atoms with van der Waals surface area (Å²) in [7, 11) is 0. The van der Waals surface area contributed by atoms with E-state index in [0.717, 1.165) is 25.3 Å². The zero-order valence-corrected chi connectivity index (χ0v) is 9.96. The Kier molecular flexibility index (Phi) is 5.09. The Bertz CT molecular complexity index is 202.